The topological polar surface area (TPSA) is 237 Å². The van der Waals surface area contributed by atoms with Crippen molar-refractivity contribution in [3.8, 4) is 0 Å². The number of unbranched alkanes of at least 4 members (excludes halogenated alkanes) is 31. The molecule has 0 aliphatic carbocycles. The van der Waals surface area contributed by atoms with Crippen LogP contribution < -0.4 is 0 Å². The molecule has 0 aromatic carbocycles. The Bertz CT molecular complexity index is 1750. The fourth-order valence-corrected chi connectivity index (χ4v) is 11.9. The molecular weight excluding hydrogens is 1160 g/mol. The predicted octanol–water partition coefficient (Wildman–Crippen LogP) is 19.3. The van der Waals surface area contributed by atoms with Crippen molar-refractivity contribution in [3.05, 3.63) is 0 Å². The molecule has 0 radical (unpaired) electrons. The molecule has 3 unspecified atom stereocenters. The number of esters is 4. The van der Waals surface area contributed by atoms with Crippen molar-refractivity contribution in [2.45, 2.75) is 356 Å². The highest BCUT2D eigenvalue weighted by atomic mass is 31.2. The molecule has 6 atom stereocenters. The standard InChI is InChI=1S/C69H134O17P2/c1-9-62(8)48-40-32-26-28-34-42-50-67(72)80-56-65(86-69(74)52-44-36-27-25-31-39-47-61(6)7)58-84-88(77,78)82-54-63(70)53-81-87(75,76)83-57-64(85-68(73)51-43-35-24-20-16-15-18-22-30-38-46-60(4)5)55-79-66(71)49-41-33-23-19-14-12-10-11-13-17-21-29-37-45-59(2)3/h59-65,70H,9-58H2,1-8H3,(H,75,76)(H,77,78)/t62?,63-,64-,65-/m1/s1. The third kappa shape index (κ3) is 61.6. The smallest absolute Gasteiger partial charge is 0.462 e. The van der Waals surface area contributed by atoms with Crippen LogP contribution in [0.4, 0.5) is 0 Å². The molecule has 0 rings (SSSR count). The van der Waals surface area contributed by atoms with Gasteiger partial charge in [-0.2, -0.15) is 0 Å². The number of hydrogen-bond donors (Lipinski definition) is 3. The van der Waals surface area contributed by atoms with Gasteiger partial charge in [0.1, 0.15) is 19.3 Å². The molecule has 3 N–H and O–H groups in total. The highest BCUT2D eigenvalue weighted by Crippen LogP contribution is 2.45. The molecule has 522 valence electrons. The van der Waals surface area contributed by atoms with Crippen LogP contribution in [0.25, 0.3) is 0 Å². The van der Waals surface area contributed by atoms with Crippen molar-refractivity contribution in [3.63, 3.8) is 0 Å². The highest BCUT2D eigenvalue weighted by molar-refractivity contribution is 7.47. The van der Waals surface area contributed by atoms with Crippen LogP contribution in [0.3, 0.4) is 0 Å². The van der Waals surface area contributed by atoms with E-state index in [4.69, 9.17) is 37.0 Å². The number of carbonyl (C=O) groups excluding carboxylic acids is 4. The van der Waals surface area contributed by atoms with E-state index in [-0.39, 0.29) is 25.7 Å². The van der Waals surface area contributed by atoms with Gasteiger partial charge in [0.2, 0.25) is 0 Å². The maximum Gasteiger partial charge on any atom is 0.472 e. The van der Waals surface area contributed by atoms with Crippen molar-refractivity contribution >= 4 is 39.5 Å². The summed E-state index contributed by atoms with van der Waals surface area (Å²) in [7, 11) is -9.90. The first-order valence-electron chi connectivity index (χ1n) is 35.7. The van der Waals surface area contributed by atoms with Crippen LogP contribution in [-0.2, 0) is 65.4 Å². The molecule has 0 saturated heterocycles. The predicted molar refractivity (Wildman–Crippen MR) is 354 cm³/mol. The van der Waals surface area contributed by atoms with Gasteiger partial charge in [0.05, 0.1) is 26.4 Å². The molecule has 0 bridgehead atoms. The lowest BCUT2D eigenvalue weighted by Crippen LogP contribution is -2.30. The second kappa shape index (κ2) is 58.8. The largest absolute Gasteiger partial charge is 0.472 e. The van der Waals surface area contributed by atoms with E-state index in [0.717, 1.165) is 114 Å². The number of rotatable bonds is 66. The summed E-state index contributed by atoms with van der Waals surface area (Å²) < 4.78 is 68.2. The molecule has 0 amide bonds. The molecule has 0 aromatic heterocycles. The third-order valence-electron chi connectivity index (χ3n) is 16.2. The molecule has 88 heavy (non-hydrogen) atoms. The van der Waals surface area contributed by atoms with E-state index in [1.165, 1.54) is 135 Å². The van der Waals surface area contributed by atoms with Crippen molar-refractivity contribution in [1.29, 1.82) is 0 Å². The monoisotopic (exact) mass is 1300 g/mol. The van der Waals surface area contributed by atoms with Gasteiger partial charge in [0.25, 0.3) is 0 Å². The Morgan fingerprint density at radius 3 is 0.807 bits per heavy atom. The molecule has 0 spiro atoms. The van der Waals surface area contributed by atoms with Crippen LogP contribution in [0.2, 0.25) is 0 Å². The molecule has 17 nitrogen and oxygen atoms in total. The van der Waals surface area contributed by atoms with Crippen LogP contribution in [0.15, 0.2) is 0 Å². The SMILES string of the molecule is CCC(C)CCCCCCCCC(=O)OC[C@H](COP(=O)(O)OC[C@H](O)COP(=O)(O)OC[C@@H](COC(=O)CCCCCCCCCCCCCCCC(C)C)OC(=O)CCCCCCCCCCCCC(C)C)OC(=O)CCCCCCCCC(C)C. The Morgan fingerprint density at radius 1 is 0.318 bits per heavy atom. The molecule has 0 aromatic rings. The molecule has 0 aliphatic rings. The lowest BCUT2D eigenvalue weighted by molar-refractivity contribution is -0.161. The van der Waals surface area contributed by atoms with Crippen molar-refractivity contribution in [2.24, 2.45) is 23.7 Å². The Hall–Kier alpha value is -1.94. The maximum absolute atomic E-state index is 13.0. The van der Waals surface area contributed by atoms with Crippen LogP contribution in [0, 0.1) is 23.7 Å². The van der Waals surface area contributed by atoms with Gasteiger partial charge < -0.3 is 33.8 Å². The lowest BCUT2D eigenvalue weighted by atomic mass is 10.00. The van der Waals surface area contributed by atoms with Gasteiger partial charge in [0, 0.05) is 25.7 Å². The fourth-order valence-electron chi connectivity index (χ4n) is 10.3. The third-order valence-corrected chi connectivity index (χ3v) is 18.1. The molecule has 0 fully saturated rings. The minimum absolute atomic E-state index is 0.101. The van der Waals surface area contributed by atoms with E-state index in [1.807, 2.05) is 0 Å². The van der Waals surface area contributed by atoms with Crippen LogP contribution in [0.5, 0.6) is 0 Å². The zero-order valence-electron chi connectivity index (χ0n) is 57.3. The van der Waals surface area contributed by atoms with Gasteiger partial charge in [0.15, 0.2) is 12.2 Å². The van der Waals surface area contributed by atoms with Crippen LogP contribution in [-0.4, -0.2) is 96.7 Å². The number of ether oxygens (including phenoxy) is 4. The van der Waals surface area contributed by atoms with Gasteiger partial charge in [-0.15, -0.1) is 0 Å². The number of aliphatic hydroxyl groups excluding tert-OH is 1. The number of hydrogen-bond acceptors (Lipinski definition) is 15. The van der Waals surface area contributed by atoms with Gasteiger partial charge in [-0.25, -0.2) is 9.13 Å². The van der Waals surface area contributed by atoms with E-state index in [1.54, 1.807) is 0 Å². The highest BCUT2D eigenvalue weighted by Gasteiger charge is 2.30. The number of phosphoric ester groups is 2. The van der Waals surface area contributed by atoms with Crippen molar-refractivity contribution < 1.29 is 80.2 Å². The number of phosphoric acid groups is 2. The summed E-state index contributed by atoms with van der Waals surface area (Å²) in [6, 6.07) is 0. The van der Waals surface area contributed by atoms with E-state index < -0.39 is 97.5 Å². The molecule has 0 saturated carbocycles. The van der Waals surface area contributed by atoms with Gasteiger partial charge >= 0.3 is 39.5 Å². The fraction of sp³-hybridized carbons (Fsp3) is 0.942. The summed E-state index contributed by atoms with van der Waals surface area (Å²) >= 11 is 0. The lowest BCUT2D eigenvalue weighted by Gasteiger charge is -2.21. The first kappa shape index (κ1) is 86.1. The summed E-state index contributed by atoms with van der Waals surface area (Å²) in [5, 5.41) is 10.6. The van der Waals surface area contributed by atoms with Crippen LogP contribution >= 0.6 is 15.6 Å². The summed E-state index contributed by atoms with van der Waals surface area (Å²) in [5.74, 6) is 0.808. The second-order valence-electron chi connectivity index (χ2n) is 26.6. The average molecular weight is 1300 g/mol. The zero-order chi connectivity index (χ0) is 65.4. The van der Waals surface area contributed by atoms with Gasteiger partial charge in [-0.1, -0.05) is 287 Å². The second-order valence-corrected chi connectivity index (χ2v) is 29.5. The van der Waals surface area contributed by atoms with E-state index >= 15 is 0 Å². The first-order valence-corrected chi connectivity index (χ1v) is 38.7. The van der Waals surface area contributed by atoms with E-state index in [0.29, 0.717) is 31.6 Å². The maximum atomic E-state index is 13.0. The number of aliphatic hydroxyl groups is 1. The Balaban J connectivity index is 5.23. The van der Waals surface area contributed by atoms with Gasteiger partial charge in [-0.05, 0) is 49.4 Å². The van der Waals surface area contributed by atoms with Gasteiger partial charge in [-0.3, -0.25) is 37.3 Å². The Morgan fingerprint density at radius 2 is 0.545 bits per heavy atom. The first-order chi connectivity index (χ1) is 42.1. The Labute approximate surface area is 537 Å². The summed E-state index contributed by atoms with van der Waals surface area (Å²) in [6.07, 6.45) is 40.5. The molecule has 19 heteroatoms. The normalized spacial score (nSPS) is 14.6. The minimum atomic E-state index is -4.95. The summed E-state index contributed by atoms with van der Waals surface area (Å²) in [6.45, 7) is 14.0. The van der Waals surface area contributed by atoms with Crippen LogP contribution in [0.1, 0.15) is 338 Å². The van der Waals surface area contributed by atoms with Crippen molar-refractivity contribution in [2.75, 3.05) is 39.6 Å². The number of carbonyl (C=O) groups is 4. The molecular formula is C69H134O17P2. The summed E-state index contributed by atoms with van der Waals surface area (Å²) in [4.78, 5) is 72.4. The van der Waals surface area contributed by atoms with E-state index in [9.17, 15) is 43.2 Å². The zero-order valence-corrected chi connectivity index (χ0v) is 59.1. The average Bonchev–Trinajstić information content (AvgIpc) is 3.69. The quantitative estimate of drug-likeness (QED) is 0.0222. The van der Waals surface area contributed by atoms with Crippen molar-refractivity contribution in [1.82, 2.24) is 0 Å². The molecule has 0 heterocycles. The van der Waals surface area contributed by atoms with E-state index in [2.05, 4.69) is 55.4 Å². The minimum Gasteiger partial charge on any atom is -0.462 e. The Kier molecular flexibility index (Phi) is 57.6. The summed E-state index contributed by atoms with van der Waals surface area (Å²) in [5.41, 5.74) is 0. The molecule has 0 aliphatic heterocycles.